The van der Waals surface area contributed by atoms with Gasteiger partial charge in [-0.15, -0.1) is 0 Å². The molecule has 4 nitrogen and oxygen atoms in total. The number of benzene rings is 1. The summed E-state index contributed by atoms with van der Waals surface area (Å²) in [4.78, 5) is 8.14. The molecule has 1 aromatic carbocycles. The summed E-state index contributed by atoms with van der Waals surface area (Å²) in [6.07, 6.45) is 1.49. The van der Waals surface area contributed by atoms with Gasteiger partial charge in [0, 0.05) is 12.1 Å². The average molecular weight is 243 g/mol. The van der Waals surface area contributed by atoms with Crippen molar-refractivity contribution in [1.29, 1.82) is 0 Å². The summed E-state index contributed by atoms with van der Waals surface area (Å²) in [5, 5.41) is 3.32. The summed E-state index contributed by atoms with van der Waals surface area (Å²) in [6, 6.07) is 10.4. The molecule has 94 valence electrons. The maximum Gasteiger partial charge on any atom is 0.218 e. The van der Waals surface area contributed by atoms with Crippen molar-refractivity contribution >= 4 is 5.82 Å². The van der Waals surface area contributed by atoms with Crippen molar-refractivity contribution in [1.82, 2.24) is 9.97 Å². The number of hydrogen-bond acceptors (Lipinski definition) is 4. The third kappa shape index (κ3) is 2.97. The Balaban J connectivity index is 2.10. The monoisotopic (exact) mass is 243 g/mol. The van der Waals surface area contributed by atoms with Crippen LogP contribution in [0.1, 0.15) is 24.1 Å². The Hall–Kier alpha value is -2.10. The zero-order chi connectivity index (χ0) is 13.0. The molecule has 2 aromatic rings. The van der Waals surface area contributed by atoms with Crippen molar-refractivity contribution in [3.8, 4) is 5.88 Å². The Bertz CT molecular complexity index is 511. The molecule has 1 unspecified atom stereocenters. The second kappa shape index (κ2) is 5.49. The van der Waals surface area contributed by atoms with Gasteiger partial charge < -0.3 is 10.1 Å². The predicted molar refractivity (Wildman–Crippen MR) is 71.8 cm³/mol. The maximum absolute atomic E-state index is 5.07. The van der Waals surface area contributed by atoms with Crippen molar-refractivity contribution in [2.24, 2.45) is 0 Å². The molecule has 18 heavy (non-hydrogen) atoms. The van der Waals surface area contributed by atoms with Crippen LogP contribution >= 0.6 is 0 Å². The van der Waals surface area contributed by atoms with Crippen molar-refractivity contribution in [2.45, 2.75) is 19.9 Å². The van der Waals surface area contributed by atoms with E-state index in [-0.39, 0.29) is 6.04 Å². The molecule has 0 spiro atoms. The highest BCUT2D eigenvalue weighted by Gasteiger charge is 2.06. The third-order valence-electron chi connectivity index (χ3n) is 2.79. The fourth-order valence-corrected chi connectivity index (χ4v) is 1.69. The Morgan fingerprint density at radius 3 is 2.56 bits per heavy atom. The van der Waals surface area contributed by atoms with Gasteiger partial charge in [0.25, 0.3) is 0 Å². The molecule has 0 amide bonds. The first-order valence-electron chi connectivity index (χ1n) is 5.88. The maximum atomic E-state index is 5.07. The minimum Gasteiger partial charge on any atom is -0.481 e. The van der Waals surface area contributed by atoms with Crippen LogP contribution < -0.4 is 10.1 Å². The number of ether oxygens (including phenoxy) is 1. The Labute approximate surface area is 107 Å². The van der Waals surface area contributed by atoms with Crippen molar-refractivity contribution in [2.75, 3.05) is 12.4 Å². The molecular weight excluding hydrogens is 226 g/mol. The van der Waals surface area contributed by atoms with Crippen LogP contribution in [0.25, 0.3) is 0 Å². The van der Waals surface area contributed by atoms with Gasteiger partial charge in [0.2, 0.25) is 5.88 Å². The number of hydrogen-bond donors (Lipinski definition) is 1. The SMILES string of the molecule is COc1cc(NC(C)c2ccc(C)cc2)ncn1. The van der Waals surface area contributed by atoms with Gasteiger partial charge in [0.15, 0.2) is 0 Å². The minimum absolute atomic E-state index is 0.185. The highest BCUT2D eigenvalue weighted by molar-refractivity contribution is 5.40. The lowest BCUT2D eigenvalue weighted by Crippen LogP contribution is -2.08. The number of aromatic nitrogens is 2. The molecule has 1 aromatic heterocycles. The summed E-state index contributed by atoms with van der Waals surface area (Å²) in [5.41, 5.74) is 2.48. The van der Waals surface area contributed by atoms with Gasteiger partial charge in [0.05, 0.1) is 7.11 Å². The van der Waals surface area contributed by atoms with Crippen molar-refractivity contribution < 1.29 is 4.74 Å². The zero-order valence-electron chi connectivity index (χ0n) is 10.8. The molecule has 0 radical (unpaired) electrons. The van der Waals surface area contributed by atoms with E-state index in [9.17, 15) is 0 Å². The molecule has 2 rings (SSSR count). The van der Waals surface area contributed by atoms with Gasteiger partial charge in [-0.1, -0.05) is 29.8 Å². The number of nitrogens with zero attached hydrogens (tertiary/aromatic N) is 2. The van der Waals surface area contributed by atoms with E-state index in [4.69, 9.17) is 4.74 Å². The minimum atomic E-state index is 0.185. The number of anilines is 1. The molecule has 0 saturated carbocycles. The standard InChI is InChI=1S/C14H17N3O/c1-10-4-6-12(7-5-10)11(2)17-13-8-14(18-3)16-9-15-13/h4-9,11H,1-3H3,(H,15,16,17). The molecule has 0 saturated heterocycles. The van der Waals surface area contributed by atoms with E-state index in [0.717, 1.165) is 5.82 Å². The quantitative estimate of drug-likeness (QED) is 0.896. The third-order valence-corrected chi connectivity index (χ3v) is 2.79. The first-order chi connectivity index (χ1) is 8.69. The Kier molecular flexibility index (Phi) is 3.77. The molecule has 1 N–H and O–H groups in total. The molecule has 0 fully saturated rings. The van der Waals surface area contributed by atoms with E-state index in [0.29, 0.717) is 5.88 Å². The van der Waals surface area contributed by atoms with Crippen LogP contribution in [0.3, 0.4) is 0 Å². The van der Waals surface area contributed by atoms with Crippen LogP contribution in [0.15, 0.2) is 36.7 Å². The number of rotatable bonds is 4. The summed E-state index contributed by atoms with van der Waals surface area (Å²) in [6.45, 7) is 4.18. The van der Waals surface area contributed by atoms with Crippen LogP contribution in [0.5, 0.6) is 5.88 Å². The Morgan fingerprint density at radius 1 is 1.17 bits per heavy atom. The predicted octanol–water partition coefficient (Wildman–Crippen LogP) is 2.97. The summed E-state index contributed by atoms with van der Waals surface area (Å²) < 4.78 is 5.07. The van der Waals surface area contributed by atoms with Gasteiger partial charge in [-0.25, -0.2) is 9.97 Å². The number of aryl methyl sites for hydroxylation is 1. The largest absolute Gasteiger partial charge is 0.481 e. The normalized spacial score (nSPS) is 11.9. The highest BCUT2D eigenvalue weighted by Crippen LogP contribution is 2.19. The first-order valence-corrected chi connectivity index (χ1v) is 5.88. The van der Waals surface area contributed by atoms with E-state index in [1.807, 2.05) is 0 Å². The fraction of sp³-hybridized carbons (Fsp3) is 0.286. The van der Waals surface area contributed by atoms with Gasteiger partial charge in [0.1, 0.15) is 12.1 Å². The zero-order valence-corrected chi connectivity index (χ0v) is 10.8. The van der Waals surface area contributed by atoms with E-state index in [2.05, 4.69) is 53.4 Å². The van der Waals surface area contributed by atoms with Gasteiger partial charge in [-0.05, 0) is 19.4 Å². The summed E-state index contributed by atoms with van der Waals surface area (Å²) >= 11 is 0. The van der Waals surface area contributed by atoms with E-state index in [1.54, 1.807) is 13.2 Å². The van der Waals surface area contributed by atoms with E-state index < -0.39 is 0 Å². The van der Waals surface area contributed by atoms with Gasteiger partial charge in [-0.2, -0.15) is 0 Å². The van der Waals surface area contributed by atoms with Crippen LogP contribution in [0, 0.1) is 6.92 Å². The number of methoxy groups -OCH3 is 1. The van der Waals surface area contributed by atoms with Gasteiger partial charge >= 0.3 is 0 Å². The molecule has 0 bridgehead atoms. The molecule has 1 atom stereocenters. The molecule has 4 heteroatoms. The molecule has 0 aliphatic heterocycles. The van der Waals surface area contributed by atoms with Gasteiger partial charge in [-0.3, -0.25) is 0 Å². The second-order valence-corrected chi connectivity index (χ2v) is 4.22. The summed E-state index contributed by atoms with van der Waals surface area (Å²) in [7, 11) is 1.59. The van der Waals surface area contributed by atoms with Crippen LogP contribution in [0.4, 0.5) is 5.82 Å². The lowest BCUT2D eigenvalue weighted by molar-refractivity contribution is 0.397. The fourth-order valence-electron chi connectivity index (χ4n) is 1.69. The first kappa shape index (κ1) is 12.4. The molecular formula is C14H17N3O. The van der Waals surface area contributed by atoms with E-state index >= 15 is 0 Å². The lowest BCUT2D eigenvalue weighted by Gasteiger charge is -2.15. The highest BCUT2D eigenvalue weighted by atomic mass is 16.5. The van der Waals surface area contributed by atoms with Crippen LogP contribution in [0.2, 0.25) is 0 Å². The van der Waals surface area contributed by atoms with Crippen LogP contribution in [-0.2, 0) is 0 Å². The average Bonchev–Trinajstić information content (AvgIpc) is 2.39. The number of nitrogens with one attached hydrogen (secondary N) is 1. The summed E-state index contributed by atoms with van der Waals surface area (Å²) in [5.74, 6) is 1.32. The molecule has 0 aliphatic rings. The lowest BCUT2D eigenvalue weighted by atomic mass is 10.1. The van der Waals surface area contributed by atoms with Crippen molar-refractivity contribution in [3.63, 3.8) is 0 Å². The smallest absolute Gasteiger partial charge is 0.218 e. The second-order valence-electron chi connectivity index (χ2n) is 4.22. The molecule has 0 aliphatic carbocycles. The van der Waals surface area contributed by atoms with E-state index in [1.165, 1.54) is 17.5 Å². The molecule has 1 heterocycles. The Morgan fingerprint density at radius 2 is 1.89 bits per heavy atom. The van der Waals surface area contributed by atoms with Crippen LogP contribution in [-0.4, -0.2) is 17.1 Å². The van der Waals surface area contributed by atoms with Crippen molar-refractivity contribution in [3.05, 3.63) is 47.8 Å². The topological polar surface area (TPSA) is 47.0 Å².